The van der Waals surface area contributed by atoms with Crippen LogP contribution in [0.4, 0.5) is 0 Å². The van der Waals surface area contributed by atoms with E-state index in [1.165, 1.54) is 0 Å². The van der Waals surface area contributed by atoms with E-state index in [1.54, 1.807) is 0 Å². The van der Waals surface area contributed by atoms with E-state index in [0.29, 0.717) is 17.4 Å². The van der Waals surface area contributed by atoms with Crippen molar-refractivity contribution in [2.75, 3.05) is 0 Å². The fourth-order valence-electron chi connectivity index (χ4n) is 2.70. The molecule has 1 aliphatic rings. The Bertz CT molecular complexity index is 694. The highest BCUT2D eigenvalue weighted by molar-refractivity contribution is 6.30. The zero-order valence-electron chi connectivity index (χ0n) is 11.7. The third-order valence-corrected chi connectivity index (χ3v) is 4.11. The summed E-state index contributed by atoms with van der Waals surface area (Å²) in [5, 5.41) is 14.2. The largest absolute Gasteiger partial charge is 0.478 e. The van der Waals surface area contributed by atoms with E-state index < -0.39 is 12.1 Å². The predicted molar refractivity (Wildman–Crippen MR) is 78.0 cm³/mol. The van der Waals surface area contributed by atoms with Gasteiger partial charge in [0.25, 0.3) is 0 Å². The zero-order valence-corrected chi connectivity index (χ0v) is 12.5. The summed E-state index contributed by atoms with van der Waals surface area (Å²) in [5.74, 6) is -0.720. The lowest BCUT2D eigenvalue weighted by molar-refractivity contribution is -0.145. The molecule has 0 amide bonds. The quantitative estimate of drug-likeness (QED) is 0.947. The number of carboxylic acids is 1. The highest BCUT2D eigenvalue weighted by atomic mass is 35.5. The minimum absolute atomic E-state index is 0.198. The van der Waals surface area contributed by atoms with Crippen LogP contribution in [0, 0.1) is 6.92 Å². The van der Waals surface area contributed by atoms with E-state index in [4.69, 9.17) is 21.4 Å². The fourth-order valence-corrected chi connectivity index (χ4v) is 2.82. The van der Waals surface area contributed by atoms with Gasteiger partial charge in [0.15, 0.2) is 0 Å². The number of aromatic nitrogens is 2. The predicted octanol–water partition coefficient (Wildman–Crippen LogP) is 2.84. The molecule has 21 heavy (non-hydrogen) atoms. The number of fused-ring (bicyclic) bond motifs is 1. The maximum Gasteiger partial charge on any atom is 0.345 e. The van der Waals surface area contributed by atoms with Crippen LogP contribution in [-0.2, 0) is 11.3 Å². The molecule has 1 aliphatic heterocycles. The van der Waals surface area contributed by atoms with E-state index in [-0.39, 0.29) is 5.92 Å². The topological polar surface area (TPSA) is 64.4 Å². The van der Waals surface area contributed by atoms with E-state index in [2.05, 4.69) is 5.10 Å². The molecule has 2 atom stereocenters. The molecule has 0 saturated carbocycles. The van der Waals surface area contributed by atoms with Crippen LogP contribution in [-0.4, -0.2) is 27.0 Å². The summed E-state index contributed by atoms with van der Waals surface area (Å²) in [6.07, 6.45) is -0.841. The lowest BCUT2D eigenvalue weighted by Gasteiger charge is -2.12. The second-order valence-electron chi connectivity index (χ2n) is 5.25. The number of hydrogen-bond donors (Lipinski definition) is 1. The summed E-state index contributed by atoms with van der Waals surface area (Å²) < 4.78 is 7.28. The molecule has 3 rings (SSSR count). The van der Waals surface area contributed by atoms with Gasteiger partial charge in [-0.3, -0.25) is 4.68 Å². The molecule has 1 aromatic heterocycles. The molecule has 0 spiro atoms. The monoisotopic (exact) mass is 306 g/mol. The third-order valence-electron chi connectivity index (χ3n) is 3.86. The van der Waals surface area contributed by atoms with Crippen molar-refractivity contribution in [1.82, 2.24) is 9.78 Å². The summed E-state index contributed by atoms with van der Waals surface area (Å²) in [4.78, 5) is 11.1. The molecule has 2 heterocycles. The van der Waals surface area contributed by atoms with Crippen molar-refractivity contribution >= 4 is 17.6 Å². The molecule has 0 radical (unpaired) electrons. The van der Waals surface area contributed by atoms with E-state index in [9.17, 15) is 4.79 Å². The van der Waals surface area contributed by atoms with Gasteiger partial charge in [-0.2, -0.15) is 0 Å². The lowest BCUT2D eigenvalue weighted by atomic mass is 9.98. The van der Waals surface area contributed by atoms with Crippen molar-refractivity contribution in [2.24, 2.45) is 0 Å². The van der Waals surface area contributed by atoms with Gasteiger partial charge in [-0.15, -0.1) is 5.10 Å². The van der Waals surface area contributed by atoms with Crippen molar-refractivity contribution in [2.45, 2.75) is 32.4 Å². The molecular formula is C15H15ClN2O3. The highest BCUT2D eigenvalue weighted by Gasteiger charge is 2.40. The van der Waals surface area contributed by atoms with Crippen LogP contribution < -0.4 is 4.74 Å². The normalized spacial score (nSPS) is 20.1. The summed E-state index contributed by atoms with van der Waals surface area (Å²) in [6.45, 7) is 4.39. The first kappa shape index (κ1) is 13.9. The van der Waals surface area contributed by atoms with Crippen LogP contribution in [0.3, 0.4) is 0 Å². The Balaban J connectivity index is 1.88. The van der Waals surface area contributed by atoms with E-state index in [1.807, 2.05) is 42.8 Å². The molecule has 110 valence electrons. The summed E-state index contributed by atoms with van der Waals surface area (Å²) in [7, 11) is 0. The minimum Gasteiger partial charge on any atom is -0.478 e. The molecule has 0 saturated heterocycles. The molecule has 2 aromatic rings. The standard InChI is InChI=1S/C15H15ClN2O3/c1-8-12-9(2)18(7-10-3-5-11(16)6-4-10)17-14(12)21-13(8)15(19)20/h3-6,8,13H,7H2,1-2H3,(H,19,20). The first-order valence-corrected chi connectivity index (χ1v) is 7.06. The van der Waals surface area contributed by atoms with Gasteiger partial charge in [0, 0.05) is 22.2 Å². The first-order chi connectivity index (χ1) is 9.97. The smallest absolute Gasteiger partial charge is 0.345 e. The van der Waals surface area contributed by atoms with Crippen molar-refractivity contribution < 1.29 is 14.6 Å². The van der Waals surface area contributed by atoms with Gasteiger partial charge in [-0.05, 0) is 24.6 Å². The van der Waals surface area contributed by atoms with Gasteiger partial charge in [0.1, 0.15) is 0 Å². The Hall–Kier alpha value is -2.01. The van der Waals surface area contributed by atoms with Crippen LogP contribution in [0.15, 0.2) is 24.3 Å². The summed E-state index contributed by atoms with van der Waals surface area (Å²) in [5.41, 5.74) is 2.90. The molecule has 2 unspecified atom stereocenters. The van der Waals surface area contributed by atoms with Crippen LogP contribution in [0.2, 0.25) is 5.02 Å². The molecular weight excluding hydrogens is 292 g/mol. The second-order valence-corrected chi connectivity index (χ2v) is 5.69. The van der Waals surface area contributed by atoms with Gasteiger partial charge in [0.2, 0.25) is 12.0 Å². The van der Waals surface area contributed by atoms with Crippen LogP contribution >= 0.6 is 11.6 Å². The second kappa shape index (κ2) is 5.07. The molecule has 0 aliphatic carbocycles. The van der Waals surface area contributed by atoms with Crippen molar-refractivity contribution in [3.63, 3.8) is 0 Å². The maximum atomic E-state index is 11.1. The van der Waals surface area contributed by atoms with Gasteiger partial charge < -0.3 is 9.84 Å². The molecule has 5 nitrogen and oxygen atoms in total. The third kappa shape index (κ3) is 2.38. The van der Waals surface area contributed by atoms with Crippen LogP contribution in [0.1, 0.15) is 29.7 Å². The Morgan fingerprint density at radius 2 is 2.10 bits per heavy atom. The Morgan fingerprint density at radius 1 is 1.43 bits per heavy atom. The lowest BCUT2D eigenvalue weighted by Crippen LogP contribution is -2.28. The zero-order chi connectivity index (χ0) is 15.1. The maximum absolute atomic E-state index is 11.1. The number of ether oxygens (including phenoxy) is 1. The Kier molecular flexibility index (Phi) is 3.37. The van der Waals surface area contributed by atoms with Gasteiger partial charge >= 0.3 is 5.97 Å². The number of carbonyl (C=O) groups is 1. The molecule has 1 aromatic carbocycles. The number of nitrogens with zero attached hydrogens (tertiary/aromatic N) is 2. The fraction of sp³-hybridized carbons (Fsp3) is 0.333. The number of aliphatic carboxylic acids is 1. The van der Waals surface area contributed by atoms with Crippen molar-refractivity contribution in [1.29, 1.82) is 0 Å². The van der Waals surface area contributed by atoms with Gasteiger partial charge in [0.05, 0.1) is 6.54 Å². The molecule has 1 N–H and O–H groups in total. The van der Waals surface area contributed by atoms with Gasteiger partial charge in [-0.25, -0.2) is 4.79 Å². The Labute approximate surface area is 127 Å². The van der Waals surface area contributed by atoms with Gasteiger partial charge in [-0.1, -0.05) is 30.7 Å². The van der Waals surface area contributed by atoms with E-state index >= 15 is 0 Å². The van der Waals surface area contributed by atoms with Crippen molar-refractivity contribution in [3.8, 4) is 5.88 Å². The average Bonchev–Trinajstić information content (AvgIpc) is 2.91. The highest BCUT2D eigenvalue weighted by Crippen LogP contribution is 2.39. The van der Waals surface area contributed by atoms with E-state index in [0.717, 1.165) is 16.8 Å². The van der Waals surface area contributed by atoms with Crippen molar-refractivity contribution in [3.05, 3.63) is 46.1 Å². The number of rotatable bonds is 3. The summed E-state index contributed by atoms with van der Waals surface area (Å²) in [6, 6.07) is 7.56. The SMILES string of the molecule is Cc1c2c(nn1Cc1ccc(Cl)cc1)OC(C(=O)O)C2C. The first-order valence-electron chi connectivity index (χ1n) is 6.68. The van der Waals surface area contributed by atoms with Crippen LogP contribution in [0.5, 0.6) is 5.88 Å². The number of carboxylic acid groups (broad SMARTS) is 1. The number of hydrogen-bond acceptors (Lipinski definition) is 3. The summed E-state index contributed by atoms with van der Waals surface area (Å²) >= 11 is 5.87. The molecule has 0 bridgehead atoms. The molecule has 0 fully saturated rings. The molecule has 6 heteroatoms. The number of halogens is 1. The Morgan fingerprint density at radius 3 is 2.67 bits per heavy atom. The number of benzene rings is 1. The average molecular weight is 307 g/mol. The minimum atomic E-state index is -0.954. The van der Waals surface area contributed by atoms with Crippen LogP contribution in [0.25, 0.3) is 0 Å².